The Bertz CT molecular complexity index is 817. The van der Waals surface area contributed by atoms with Gasteiger partial charge >= 0.3 is 0 Å². The molecular weight excluding hydrogens is 341 g/mol. The molecular formula is C19H24FNO3S. The minimum absolute atomic E-state index is 0.0295. The zero-order valence-electron chi connectivity index (χ0n) is 14.7. The number of aliphatic hydroxyl groups excluding tert-OH is 1. The second-order valence-electron chi connectivity index (χ2n) is 6.36. The van der Waals surface area contributed by atoms with Crippen molar-refractivity contribution in [2.75, 3.05) is 10.8 Å². The molecule has 0 aliphatic heterocycles. The molecule has 0 heterocycles. The highest BCUT2D eigenvalue weighted by atomic mass is 32.2. The van der Waals surface area contributed by atoms with Gasteiger partial charge in [0.1, 0.15) is 5.82 Å². The standard InChI is InChI=1S/C19H24FNO3S/c1-4-15-5-7-17(8-6-15)21(12-14(2)3)25(23,24)18-9-10-19(20)16(11-18)13-22/h5-11,14,22H,4,12-13H2,1-3H3. The number of benzene rings is 2. The van der Waals surface area contributed by atoms with Gasteiger partial charge in [0, 0.05) is 12.1 Å². The lowest BCUT2D eigenvalue weighted by Gasteiger charge is -2.26. The molecule has 0 aliphatic carbocycles. The summed E-state index contributed by atoms with van der Waals surface area (Å²) in [6.45, 7) is 5.66. The molecule has 4 nitrogen and oxygen atoms in total. The molecule has 1 N–H and O–H groups in total. The molecule has 0 aromatic heterocycles. The number of sulfonamides is 1. The average molecular weight is 365 g/mol. The molecule has 2 aromatic rings. The van der Waals surface area contributed by atoms with Crippen LogP contribution in [0.3, 0.4) is 0 Å². The van der Waals surface area contributed by atoms with E-state index in [1.54, 1.807) is 12.1 Å². The summed E-state index contributed by atoms with van der Waals surface area (Å²) >= 11 is 0. The molecule has 2 rings (SSSR count). The molecule has 2 aromatic carbocycles. The van der Waals surface area contributed by atoms with Crippen LogP contribution < -0.4 is 4.31 Å². The van der Waals surface area contributed by atoms with Crippen molar-refractivity contribution in [3.05, 3.63) is 59.4 Å². The largest absolute Gasteiger partial charge is 0.392 e. The molecule has 0 bridgehead atoms. The van der Waals surface area contributed by atoms with Crippen molar-refractivity contribution < 1.29 is 17.9 Å². The van der Waals surface area contributed by atoms with E-state index in [0.717, 1.165) is 18.1 Å². The van der Waals surface area contributed by atoms with Crippen LogP contribution in [0.2, 0.25) is 0 Å². The third kappa shape index (κ3) is 4.38. The highest BCUT2D eigenvalue weighted by molar-refractivity contribution is 7.92. The smallest absolute Gasteiger partial charge is 0.264 e. The van der Waals surface area contributed by atoms with Crippen LogP contribution in [0.25, 0.3) is 0 Å². The topological polar surface area (TPSA) is 57.6 Å². The zero-order chi connectivity index (χ0) is 18.6. The van der Waals surface area contributed by atoms with Crippen molar-refractivity contribution in [1.82, 2.24) is 0 Å². The summed E-state index contributed by atoms with van der Waals surface area (Å²) in [6, 6.07) is 10.9. The lowest BCUT2D eigenvalue weighted by Crippen LogP contribution is -2.34. The van der Waals surface area contributed by atoms with Crippen LogP contribution >= 0.6 is 0 Å². The van der Waals surface area contributed by atoms with Crippen molar-refractivity contribution in [2.24, 2.45) is 5.92 Å². The summed E-state index contributed by atoms with van der Waals surface area (Å²) in [6.07, 6.45) is 0.870. The van der Waals surface area contributed by atoms with Crippen molar-refractivity contribution in [2.45, 2.75) is 38.7 Å². The Hall–Kier alpha value is -1.92. The Morgan fingerprint density at radius 1 is 1.12 bits per heavy atom. The molecule has 0 amide bonds. The number of nitrogens with zero attached hydrogens (tertiary/aromatic N) is 1. The first-order valence-electron chi connectivity index (χ1n) is 8.30. The number of hydrogen-bond donors (Lipinski definition) is 1. The predicted molar refractivity (Wildman–Crippen MR) is 97.5 cm³/mol. The number of rotatable bonds is 7. The van der Waals surface area contributed by atoms with Crippen LogP contribution in [0.5, 0.6) is 0 Å². The summed E-state index contributed by atoms with van der Waals surface area (Å²) in [7, 11) is -3.86. The summed E-state index contributed by atoms with van der Waals surface area (Å²) in [5.74, 6) is -0.512. The van der Waals surface area contributed by atoms with Gasteiger partial charge in [-0.25, -0.2) is 12.8 Å². The second kappa shape index (κ2) is 7.97. The van der Waals surface area contributed by atoms with E-state index in [4.69, 9.17) is 0 Å². The highest BCUT2D eigenvalue weighted by Crippen LogP contribution is 2.26. The number of halogens is 1. The van der Waals surface area contributed by atoms with Gasteiger partial charge < -0.3 is 5.11 Å². The fourth-order valence-electron chi connectivity index (χ4n) is 2.53. The minimum Gasteiger partial charge on any atom is -0.392 e. The third-order valence-electron chi connectivity index (χ3n) is 3.94. The minimum atomic E-state index is -3.86. The van der Waals surface area contributed by atoms with Gasteiger partial charge in [0.25, 0.3) is 10.0 Å². The Morgan fingerprint density at radius 3 is 2.28 bits per heavy atom. The Kier molecular flexibility index (Phi) is 6.19. The van der Waals surface area contributed by atoms with Crippen LogP contribution in [0.15, 0.2) is 47.4 Å². The second-order valence-corrected chi connectivity index (χ2v) is 8.22. The molecule has 0 unspecified atom stereocenters. The maximum absolute atomic E-state index is 13.6. The van der Waals surface area contributed by atoms with Gasteiger partial charge in [-0.05, 0) is 48.2 Å². The summed E-state index contributed by atoms with van der Waals surface area (Å²) < 4.78 is 41.2. The monoisotopic (exact) mass is 365 g/mol. The quantitative estimate of drug-likeness (QED) is 0.813. The number of hydrogen-bond acceptors (Lipinski definition) is 3. The van der Waals surface area contributed by atoms with Crippen LogP contribution in [-0.4, -0.2) is 20.1 Å². The SMILES string of the molecule is CCc1ccc(N(CC(C)C)S(=O)(=O)c2ccc(F)c(CO)c2)cc1. The molecule has 6 heteroatoms. The van der Waals surface area contributed by atoms with Gasteiger partial charge in [-0.2, -0.15) is 0 Å². The van der Waals surface area contributed by atoms with Crippen LogP contribution in [0.1, 0.15) is 31.9 Å². The molecule has 0 radical (unpaired) electrons. The van der Waals surface area contributed by atoms with Gasteiger partial charge in [-0.3, -0.25) is 4.31 Å². The molecule has 0 aliphatic rings. The fourth-order valence-corrected chi connectivity index (χ4v) is 4.21. The lowest BCUT2D eigenvalue weighted by atomic mass is 10.1. The van der Waals surface area contributed by atoms with Gasteiger partial charge in [-0.1, -0.05) is 32.9 Å². The molecule has 25 heavy (non-hydrogen) atoms. The molecule has 0 spiro atoms. The van der Waals surface area contributed by atoms with E-state index in [1.807, 2.05) is 32.9 Å². The first-order valence-corrected chi connectivity index (χ1v) is 9.74. The first-order chi connectivity index (χ1) is 11.8. The lowest BCUT2D eigenvalue weighted by molar-refractivity contribution is 0.275. The first kappa shape index (κ1) is 19.4. The molecule has 0 saturated heterocycles. The number of aliphatic hydroxyl groups is 1. The average Bonchev–Trinajstić information content (AvgIpc) is 2.59. The van der Waals surface area contributed by atoms with E-state index in [0.29, 0.717) is 12.2 Å². The maximum Gasteiger partial charge on any atom is 0.264 e. The number of anilines is 1. The van der Waals surface area contributed by atoms with Crippen LogP contribution in [-0.2, 0) is 23.1 Å². The highest BCUT2D eigenvalue weighted by Gasteiger charge is 2.26. The molecule has 0 fully saturated rings. The van der Waals surface area contributed by atoms with E-state index in [9.17, 15) is 17.9 Å². The number of aryl methyl sites for hydroxylation is 1. The fraction of sp³-hybridized carbons (Fsp3) is 0.368. The third-order valence-corrected chi connectivity index (χ3v) is 5.73. The predicted octanol–water partition coefficient (Wildman–Crippen LogP) is 3.73. The maximum atomic E-state index is 13.6. The summed E-state index contributed by atoms with van der Waals surface area (Å²) in [5, 5.41) is 9.22. The van der Waals surface area contributed by atoms with Gasteiger partial charge in [0.2, 0.25) is 0 Å². The van der Waals surface area contributed by atoms with Crippen molar-refractivity contribution in [1.29, 1.82) is 0 Å². The summed E-state index contributed by atoms with van der Waals surface area (Å²) in [5.41, 5.74) is 1.66. The molecule has 0 atom stereocenters. The van der Waals surface area contributed by atoms with E-state index in [2.05, 4.69) is 0 Å². The zero-order valence-corrected chi connectivity index (χ0v) is 15.6. The summed E-state index contributed by atoms with van der Waals surface area (Å²) in [4.78, 5) is -0.0295. The van der Waals surface area contributed by atoms with Crippen LogP contribution in [0, 0.1) is 11.7 Å². The van der Waals surface area contributed by atoms with Gasteiger partial charge in [0.05, 0.1) is 17.2 Å². The molecule has 136 valence electrons. The van der Waals surface area contributed by atoms with E-state index in [1.165, 1.54) is 16.4 Å². The van der Waals surface area contributed by atoms with E-state index in [-0.39, 0.29) is 16.4 Å². The van der Waals surface area contributed by atoms with Crippen LogP contribution in [0.4, 0.5) is 10.1 Å². The Labute approximate surface area is 149 Å². The Morgan fingerprint density at radius 2 is 1.76 bits per heavy atom. The normalized spacial score (nSPS) is 11.8. The van der Waals surface area contributed by atoms with Crippen molar-refractivity contribution in [3.63, 3.8) is 0 Å². The van der Waals surface area contributed by atoms with Crippen molar-refractivity contribution >= 4 is 15.7 Å². The van der Waals surface area contributed by atoms with E-state index >= 15 is 0 Å². The van der Waals surface area contributed by atoms with Gasteiger partial charge in [-0.15, -0.1) is 0 Å². The van der Waals surface area contributed by atoms with E-state index < -0.39 is 22.4 Å². The molecule has 0 saturated carbocycles. The Balaban J connectivity index is 2.51. The van der Waals surface area contributed by atoms with Gasteiger partial charge in [0.15, 0.2) is 0 Å². The van der Waals surface area contributed by atoms with Crippen molar-refractivity contribution in [3.8, 4) is 0 Å².